The van der Waals surface area contributed by atoms with E-state index >= 15 is 0 Å². The molecule has 0 saturated carbocycles. The molecular weight excluding hydrogens is 402 g/mol. The van der Waals surface area contributed by atoms with Gasteiger partial charge in [0.1, 0.15) is 5.75 Å². The molecular formula is C24H28ClNO4. The standard InChI is InChI=1S/C24H28ClNO4/c1-2-3-4-6-18-8-10-19(11-9-18)12-15-23(27)26-21-17-20(25)13-14-22(21)30-16-5-7-24(28)29/h8-15,17H,2-7,16H2,1H3,(H,26,27)(H,28,29)/b15-12+. The van der Waals surface area contributed by atoms with E-state index in [4.69, 9.17) is 21.4 Å². The molecule has 0 unspecified atom stereocenters. The summed E-state index contributed by atoms with van der Waals surface area (Å²) in [5.74, 6) is -0.731. The molecule has 6 heteroatoms. The Kier molecular flexibility index (Phi) is 9.95. The highest BCUT2D eigenvalue weighted by molar-refractivity contribution is 6.31. The number of benzene rings is 2. The first kappa shape index (κ1) is 23.5. The molecule has 1 amide bonds. The number of carbonyl (C=O) groups is 2. The summed E-state index contributed by atoms with van der Waals surface area (Å²) in [5, 5.41) is 11.9. The van der Waals surface area contributed by atoms with E-state index in [1.807, 2.05) is 12.1 Å². The van der Waals surface area contributed by atoms with Crippen LogP contribution < -0.4 is 10.1 Å². The molecule has 0 spiro atoms. The molecule has 0 aliphatic rings. The Balaban J connectivity index is 1.93. The Morgan fingerprint density at radius 2 is 1.87 bits per heavy atom. The van der Waals surface area contributed by atoms with Crippen molar-refractivity contribution in [3.63, 3.8) is 0 Å². The number of halogens is 1. The van der Waals surface area contributed by atoms with Crippen molar-refractivity contribution in [2.24, 2.45) is 0 Å². The zero-order valence-electron chi connectivity index (χ0n) is 17.2. The van der Waals surface area contributed by atoms with E-state index in [1.165, 1.54) is 30.9 Å². The maximum absolute atomic E-state index is 12.3. The lowest BCUT2D eigenvalue weighted by Crippen LogP contribution is -2.10. The minimum absolute atomic E-state index is 0.0232. The van der Waals surface area contributed by atoms with Gasteiger partial charge < -0.3 is 15.2 Å². The molecule has 2 aromatic rings. The number of aliphatic carboxylic acids is 1. The fraction of sp³-hybridized carbons (Fsp3) is 0.333. The van der Waals surface area contributed by atoms with E-state index < -0.39 is 5.97 Å². The smallest absolute Gasteiger partial charge is 0.303 e. The number of anilines is 1. The lowest BCUT2D eigenvalue weighted by molar-refractivity contribution is -0.137. The third-order valence-corrected chi connectivity index (χ3v) is 4.70. The van der Waals surface area contributed by atoms with Crippen LogP contribution in [0.15, 0.2) is 48.5 Å². The number of unbranched alkanes of at least 4 members (excludes halogenated alkanes) is 2. The SMILES string of the molecule is CCCCCc1ccc(/C=C/C(=O)Nc2cc(Cl)ccc2OCCCC(=O)O)cc1. The van der Waals surface area contributed by atoms with Crippen molar-refractivity contribution in [3.8, 4) is 5.75 Å². The van der Waals surface area contributed by atoms with Crippen LogP contribution in [0.3, 0.4) is 0 Å². The van der Waals surface area contributed by atoms with Crippen molar-refractivity contribution >= 4 is 35.2 Å². The molecule has 0 fully saturated rings. The van der Waals surface area contributed by atoms with Gasteiger partial charge in [0.05, 0.1) is 12.3 Å². The zero-order valence-corrected chi connectivity index (χ0v) is 18.0. The number of rotatable bonds is 12. The predicted octanol–water partition coefficient (Wildman–Crippen LogP) is 5.97. The van der Waals surface area contributed by atoms with Gasteiger partial charge in [-0.05, 0) is 54.7 Å². The average Bonchev–Trinajstić information content (AvgIpc) is 2.72. The number of hydrogen-bond acceptors (Lipinski definition) is 3. The highest BCUT2D eigenvalue weighted by atomic mass is 35.5. The summed E-state index contributed by atoms with van der Waals surface area (Å²) in [4.78, 5) is 22.9. The van der Waals surface area contributed by atoms with E-state index in [1.54, 1.807) is 24.3 Å². The van der Waals surface area contributed by atoms with Gasteiger partial charge in [0.25, 0.3) is 0 Å². The predicted molar refractivity (Wildman–Crippen MR) is 121 cm³/mol. The van der Waals surface area contributed by atoms with Gasteiger partial charge in [-0.25, -0.2) is 0 Å². The van der Waals surface area contributed by atoms with Crippen LogP contribution in [0.2, 0.25) is 5.02 Å². The number of hydrogen-bond donors (Lipinski definition) is 2. The van der Waals surface area contributed by atoms with Crippen LogP contribution in [0, 0.1) is 0 Å². The Morgan fingerprint density at radius 1 is 1.10 bits per heavy atom. The third-order valence-electron chi connectivity index (χ3n) is 4.47. The van der Waals surface area contributed by atoms with Crippen LogP contribution in [-0.2, 0) is 16.0 Å². The molecule has 30 heavy (non-hydrogen) atoms. The Bertz CT molecular complexity index is 862. The van der Waals surface area contributed by atoms with Gasteiger partial charge >= 0.3 is 5.97 Å². The summed E-state index contributed by atoms with van der Waals surface area (Å²) in [6.07, 6.45) is 8.31. The van der Waals surface area contributed by atoms with Crippen LogP contribution in [0.25, 0.3) is 6.08 Å². The molecule has 0 heterocycles. The van der Waals surface area contributed by atoms with E-state index in [-0.39, 0.29) is 18.9 Å². The third kappa shape index (κ3) is 8.70. The second-order valence-corrected chi connectivity index (χ2v) is 7.44. The maximum atomic E-state index is 12.3. The average molecular weight is 430 g/mol. The normalized spacial score (nSPS) is 10.9. The molecule has 0 saturated heterocycles. The first-order valence-corrected chi connectivity index (χ1v) is 10.6. The fourth-order valence-corrected chi connectivity index (χ4v) is 3.02. The van der Waals surface area contributed by atoms with Gasteiger partial charge in [0.2, 0.25) is 5.91 Å². The van der Waals surface area contributed by atoms with Crippen LogP contribution >= 0.6 is 11.6 Å². The van der Waals surface area contributed by atoms with Crippen molar-refractivity contribution in [1.82, 2.24) is 0 Å². The topological polar surface area (TPSA) is 75.6 Å². The largest absolute Gasteiger partial charge is 0.491 e. The number of carbonyl (C=O) groups excluding carboxylic acids is 1. The number of aryl methyl sites for hydroxylation is 1. The molecule has 2 rings (SSSR count). The van der Waals surface area contributed by atoms with Gasteiger partial charge in [-0.2, -0.15) is 0 Å². The number of amides is 1. The van der Waals surface area contributed by atoms with Crippen molar-refractivity contribution in [2.45, 2.75) is 45.4 Å². The highest BCUT2D eigenvalue weighted by Crippen LogP contribution is 2.28. The molecule has 0 aliphatic heterocycles. The van der Waals surface area contributed by atoms with Crippen molar-refractivity contribution in [1.29, 1.82) is 0 Å². The van der Waals surface area contributed by atoms with E-state index in [0.717, 1.165) is 12.0 Å². The lowest BCUT2D eigenvalue weighted by atomic mass is 10.1. The number of ether oxygens (including phenoxy) is 1. The molecule has 0 atom stereocenters. The Hall–Kier alpha value is -2.79. The number of carboxylic acids is 1. The minimum Gasteiger partial charge on any atom is -0.491 e. The molecule has 160 valence electrons. The molecule has 0 radical (unpaired) electrons. The second kappa shape index (κ2) is 12.7. The molecule has 5 nitrogen and oxygen atoms in total. The summed E-state index contributed by atoms with van der Waals surface area (Å²) in [7, 11) is 0. The van der Waals surface area contributed by atoms with Crippen LogP contribution in [-0.4, -0.2) is 23.6 Å². The fourth-order valence-electron chi connectivity index (χ4n) is 2.85. The molecule has 0 aromatic heterocycles. The quantitative estimate of drug-likeness (QED) is 0.322. The molecule has 0 bridgehead atoms. The summed E-state index contributed by atoms with van der Waals surface area (Å²) in [6, 6.07) is 13.1. The van der Waals surface area contributed by atoms with Crippen LogP contribution in [0.4, 0.5) is 5.69 Å². The van der Waals surface area contributed by atoms with Crippen molar-refractivity contribution in [2.75, 3.05) is 11.9 Å². The van der Waals surface area contributed by atoms with E-state index in [0.29, 0.717) is 22.9 Å². The van der Waals surface area contributed by atoms with Gasteiger partial charge in [0, 0.05) is 17.5 Å². The number of carboxylic acid groups (broad SMARTS) is 1. The summed E-state index contributed by atoms with van der Waals surface area (Å²) in [5.41, 5.74) is 2.69. The lowest BCUT2D eigenvalue weighted by Gasteiger charge is -2.12. The zero-order chi connectivity index (χ0) is 21.8. The Labute approximate surface area is 182 Å². The van der Waals surface area contributed by atoms with Crippen LogP contribution in [0.1, 0.15) is 50.2 Å². The van der Waals surface area contributed by atoms with E-state index in [2.05, 4.69) is 24.4 Å². The Morgan fingerprint density at radius 3 is 2.57 bits per heavy atom. The molecule has 2 aromatic carbocycles. The summed E-state index contributed by atoms with van der Waals surface area (Å²) in [6.45, 7) is 2.42. The van der Waals surface area contributed by atoms with E-state index in [9.17, 15) is 9.59 Å². The highest BCUT2D eigenvalue weighted by Gasteiger charge is 2.08. The van der Waals surface area contributed by atoms with Crippen LogP contribution in [0.5, 0.6) is 5.75 Å². The first-order chi connectivity index (χ1) is 14.5. The number of nitrogens with one attached hydrogen (secondary N) is 1. The monoisotopic (exact) mass is 429 g/mol. The molecule has 0 aliphatic carbocycles. The van der Waals surface area contributed by atoms with Gasteiger partial charge in [-0.3, -0.25) is 9.59 Å². The van der Waals surface area contributed by atoms with Gasteiger partial charge in [-0.15, -0.1) is 0 Å². The van der Waals surface area contributed by atoms with Crippen molar-refractivity contribution in [3.05, 3.63) is 64.7 Å². The van der Waals surface area contributed by atoms with Gasteiger partial charge in [-0.1, -0.05) is 55.6 Å². The maximum Gasteiger partial charge on any atom is 0.303 e. The summed E-state index contributed by atoms with van der Waals surface area (Å²) >= 11 is 6.03. The summed E-state index contributed by atoms with van der Waals surface area (Å²) < 4.78 is 5.60. The molecule has 2 N–H and O–H groups in total. The minimum atomic E-state index is -0.873. The second-order valence-electron chi connectivity index (χ2n) is 7.01. The van der Waals surface area contributed by atoms with Crippen molar-refractivity contribution < 1.29 is 19.4 Å². The van der Waals surface area contributed by atoms with Gasteiger partial charge in [0.15, 0.2) is 0 Å². The first-order valence-electron chi connectivity index (χ1n) is 10.2.